The highest BCUT2D eigenvalue weighted by molar-refractivity contribution is 4.95. The van der Waals surface area contributed by atoms with Crippen LogP contribution in [0.3, 0.4) is 0 Å². The largest absolute Gasteiger partial charge is 0.349 e. The number of aromatic nitrogens is 2. The lowest BCUT2D eigenvalue weighted by Crippen LogP contribution is -2.45. The third-order valence-corrected chi connectivity index (χ3v) is 4.18. The van der Waals surface area contributed by atoms with E-state index >= 15 is 0 Å². The van der Waals surface area contributed by atoms with Crippen molar-refractivity contribution < 1.29 is 0 Å². The molecule has 0 radical (unpaired) electrons. The first-order chi connectivity index (χ1) is 8.43. The Balaban J connectivity index is 1.46. The lowest BCUT2D eigenvalue weighted by molar-refractivity contribution is 0.181. The first-order valence-corrected chi connectivity index (χ1v) is 6.89. The van der Waals surface area contributed by atoms with Gasteiger partial charge in [-0.1, -0.05) is 6.42 Å². The summed E-state index contributed by atoms with van der Waals surface area (Å²) in [5.41, 5.74) is 0. The van der Waals surface area contributed by atoms with Crippen molar-refractivity contribution in [3.05, 3.63) is 18.2 Å². The van der Waals surface area contributed by atoms with E-state index < -0.39 is 0 Å². The number of nitrogens with one attached hydrogen (secondary N) is 2. The molecule has 1 aromatic heterocycles. The minimum atomic E-state index is 0.713. The number of hydrogen-bond acceptors (Lipinski definition) is 3. The van der Waals surface area contributed by atoms with Crippen LogP contribution in [0.1, 0.15) is 31.5 Å². The van der Waals surface area contributed by atoms with Crippen LogP contribution in [0.25, 0.3) is 0 Å². The van der Waals surface area contributed by atoms with Crippen molar-refractivity contribution in [1.82, 2.24) is 20.2 Å². The highest BCUT2D eigenvalue weighted by Crippen LogP contribution is 2.26. The van der Waals surface area contributed by atoms with Crippen molar-refractivity contribution in [3.63, 3.8) is 0 Å². The quantitative estimate of drug-likeness (QED) is 0.822. The molecule has 2 atom stereocenters. The van der Waals surface area contributed by atoms with Crippen molar-refractivity contribution in [2.45, 2.75) is 44.2 Å². The Morgan fingerprint density at radius 1 is 1.35 bits per heavy atom. The first-order valence-electron chi connectivity index (χ1n) is 6.89. The van der Waals surface area contributed by atoms with Gasteiger partial charge in [0.15, 0.2) is 0 Å². The molecular formula is C13H22N4. The van der Waals surface area contributed by atoms with Gasteiger partial charge >= 0.3 is 0 Å². The van der Waals surface area contributed by atoms with Gasteiger partial charge in [0.25, 0.3) is 0 Å². The van der Waals surface area contributed by atoms with Crippen LogP contribution in [0.2, 0.25) is 0 Å². The van der Waals surface area contributed by atoms with Crippen LogP contribution in [0.5, 0.6) is 0 Å². The predicted octanol–water partition coefficient (Wildman–Crippen LogP) is 1.17. The van der Waals surface area contributed by atoms with Gasteiger partial charge in [0.1, 0.15) is 5.82 Å². The molecule has 0 saturated carbocycles. The van der Waals surface area contributed by atoms with Gasteiger partial charge < -0.3 is 10.3 Å². The first kappa shape index (κ1) is 11.2. The third kappa shape index (κ3) is 2.53. The number of rotatable bonds is 4. The van der Waals surface area contributed by atoms with Crippen LogP contribution < -0.4 is 5.32 Å². The molecule has 3 rings (SSSR count). The van der Waals surface area contributed by atoms with E-state index in [4.69, 9.17) is 0 Å². The molecule has 17 heavy (non-hydrogen) atoms. The Kier molecular flexibility index (Phi) is 3.43. The average Bonchev–Trinajstić information content (AvgIpc) is 2.99. The maximum atomic E-state index is 4.26. The lowest BCUT2D eigenvalue weighted by atomic mass is 9.99. The van der Waals surface area contributed by atoms with E-state index in [2.05, 4.69) is 20.2 Å². The molecule has 0 amide bonds. The van der Waals surface area contributed by atoms with Gasteiger partial charge in [0.05, 0.1) is 0 Å². The van der Waals surface area contributed by atoms with Gasteiger partial charge in [-0.3, -0.25) is 4.90 Å². The Morgan fingerprint density at radius 3 is 3.24 bits per heavy atom. The molecule has 2 N–H and O–H groups in total. The highest BCUT2D eigenvalue weighted by atomic mass is 15.2. The number of imidazole rings is 1. The molecular weight excluding hydrogens is 212 g/mol. The number of aromatic amines is 1. The van der Waals surface area contributed by atoms with E-state index in [1.165, 1.54) is 38.8 Å². The number of H-pyrrole nitrogens is 1. The van der Waals surface area contributed by atoms with Crippen molar-refractivity contribution in [2.24, 2.45) is 0 Å². The molecule has 3 heterocycles. The summed E-state index contributed by atoms with van der Waals surface area (Å²) in [6, 6.07) is 1.52. The minimum absolute atomic E-state index is 0.713. The second-order valence-corrected chi connectivity index (χ2v) is 5.23. The molecule has 0 bridgehead atoms. The van der Waals surface area contributed by atoms with Crippen LogP contribution in [0, 0.1) is 0 Å². The zero-order valence-electron chi connectivity index (χ0n) is 10.4. The van der Waals surface area contributed by atoms with E-state index in [1.807, 2.05) is 12.4 Å². The Labute approximate surface area is 103 Å². The molecule has 0 spiro atoms. The highest BCUT2D eigenvalue weighted by Gasteiger charge is 2.34. The van der Waals surface area contributed by atoms with Crippen molar-refractivity contribution in [3.8, 4) is 0 Å². The SMILES string of the molecule is c1c[nH]c(CCNC2CCN3CCCCC23)n1. The molecule has 2 aliphatic heterocycles. The molecule has 4 nitrogen and oxygen atoms in total. The smallest absolute Gasteiger partial charge is 0.107 e. The van der Waals surface area contributed by atoms with Crippen LogP contribution in [0.4, 0.5) is 0 Å². The van der Waals surface area contributed by atoms with E-state index in [0.29, 0.717) is 6.04 Å². The van der Waals surface area contributed by atoms with Crippen LogP contribution in [0.15, 0.2) is 12.4 Å². The van der Waals surface area contributed by atoms with Crippen LogP contribution in [-0.2, 0) is 6.42 Å². The number of nitrogens with zero attached hydrogens (tertiary/aromatic N) is 2. The summed E-state index contributed by atoms with van der Waals surface area (Å²) in [4.78, 5) is 10.1. The topological polar surface area (TPSA) is 44.0 Å². The lowest BCUT2D eigenvalue weighted by Gasteiger charge is -2.32. The summed E-state index contributed by atoms with van der Waals surface area (Å²) in [5.74, 6) is 1.09. The zero-order chi connectivity index (χ0) is 11.5. The molecule has 2 fully saturated rings. The molecule has 0 aromatic carbocycles. The fourth-order valence-corrected chi connectivity index (χ4v) is 3.30. The van der Waals surface area contributed by atoms with Crippen LogP contribution in [-0.4, -0.2) is 46.6 Å². The Hall–Kier alpha value is -0.870. The fourth-order valence-electron chi connectivity index (χ4n) is 3.30. The molecule has 2 aliphatic rings. The van der Waals surface area contributed by atoms with Crippen molar-refractivity contribution in [1.29, 1.82) is 0 Å². The van der Waals surface area contributed by atoms with Crippen molar-refractivity contribution in [2.75, 3.05) is 19.6 Å². The predicted molar refractivity (Wildman–Crippen MR) is 67.9 cm³/mol. The van der Waals surface area contributed by atoms with Gasteiger partial charge in [0, 0.05) is 44.0 Å². The molecule has 1 aromatic rings. The number of fused-ring (bicyclic) bond motifs is 1. The zero-order valence-corrected chi connectivity index (χ0v) is 10.4. The third-order valence-electron chi connectivity index (χ3n) is 4.18. The maximum Gasteiger partial charge on any atom is 0.107 e. The Bertz CT molecular complexity index is 335. The summed E-state index contributed by atoms with van der Waals surface area (Å²) in [7, 11) is 0. The molecule has 2 saturated heterocycles. The van der Waals surface area contributed by atoms with Gasteiger partial charge in [-0.25, -0.2) is 4.98 Å². The molecule has 2 unspecified atom stereocenters. The van der Waals surface area contributed by atoms with Gasteiger partial charge in [-0.2, -0.15) is 0 Å². The van der Waals surface area contributed by atoms with E-state index in [1.54, 1.807) is 0 Å². The second-order valence-electron chi connectivity index (χ2n) is 5.23. The summed E-state index contributed by atoms with van der Waals surface area (Å²) in [5, 5.41) is 3.72. The summed E-state index contributed by atoms with van der Waals surface area (Å²) >= 11 is 0. The van der Waals surface area contributed by atoms with E-state index in [9.17, 15) is 0 Å². The summed E-state index contributed by atoms with van der Waals surface area (Å²) in [6.45, 7) is 3.66. The van der Waals surface area contributed by atoms with Gasteiger partial charge in [-0.05, 0) is 25.8 Å². The maximum absolute atomic E-state index is 4.26. The fraction of sp³-hybridized carbons (Fsp3) is 0.769. The summed E-state index contributed by atoms with van der Waals surface area (Å²) < 4.78 is 0. The summed E-state index contributed by atoms with van der Waals surface area (Å²) in [6.07, 6.45) is 10.3. The second kappa shape index (κ2) is 5.19. The standard InChI is InChI=1S/C13H22N4/c1-2-9-17-10-5-11(12(17)3-1)14-6-4-13-15-7-8-16-13/h7-8,11-12,14H,1-6,9-10H2,(H,15,16). The molecule has 94 valence electrons. The normalized spacial score (nSPS) is 29.4. The average molecular weight is 234 g/mol. The minimum Gasteiger partial charge on any atom is -0.349 e. The number of hydrogen-bond donors (Lipinski definition) is 2. The molecule has 4 heteroatoms. The van der Waals surface area contributed by atoms with Crippen LogP contribution >= 0.6 is 0 Å². The monoisotopic (exact) mass is 234 g/mol. The molecule has 0 aliphatic carbocycles. The van der Waals surface area contributed by atoms with Gasteiger partial charge in [0.2, 0.25) is 0 Å². The van der Waals surface area contributed by atoms with E-state index in [0.717, 1.165) is 24.8 Å². The van der Waals surface area contributed by atoms with Gasteiger partial charge in [-0.15, -0.1) is 0 Å². The van der Waals surface area contributed by atoms with E-state index in [-0.39, 0.29) is 0 Å². The Morgan fingerprint density at radius 2 is 2.35 bits per heavy atom. The van der Waals surface area contributed by atoms with Crippen molar-refractivity contribution >= 4 is 0 Å². The number of piperidine rings is 1.